The Morgan fingerprint density at radius 2 is 2.21 bits per heavy atom. The van der Waals surface area contributed by atoms with Crippen LogP contribution in [-0.2, 0) is 11.3 Å². The summed E-state index contributed by atoms with van der Waals surface area (Å²) in [7, 11) is 1.77. The van der Waals surface area contributed by atoms with Gasteiger partial charge in [0.15, 0.2) is 0 Å². The van der Waals surface area contributed by atoms with Gasteiger partial charge in [-0.1, -0.05) is 6.92 Å². The van der Waals surface area contributed by atoms with Crippen molar-refractivity contribution < 1.29 is 14.7 Å². The largest absolute Gasteiger partial charge is 0.480 e. The molecule has 0 bridgehead atoms. The number of carboxylic acid groups (broad SMARTS) is 1. The summed E-state index contributed by atoms with van der Waals surface area (Å²) >= 11 is 1.70. The Balaban J connectivity index is 2.87. The van der Waals surface area contributed by atoms with Gasteiger partial charge in [0.05, 0.1) is 0 Å². The van der Waals surface area contributed by atoms with Crippen molar-refractivity contribution in [1.82, 2.24) is 9.47 Å². The minimum absolute atomic E-state index is 0.132. The fraction of sp³-hybridized carbons (Fsp3) is 0.538. The molecule has 0 radical (unpaired) electrons. The molecule has 1 N–H and O–H groups in total. The van der Waals surface area contributed by atoms with E-state index < -0.39 is 5.97 Å². The van der Waals surface area contributed by atoms with Crippen LogP contribution in [0.3, 0.4) is 0 Å². The molecular weight excluding hydrogens is 264 g/mol. The summed E-state index contributed by atoms with van der Waals surface area (Å²) < 4.78 is 1.47. The fourth-order valence-corrected chi connectivity index (χ4v) is 2.78. The second-order valence-corrected chi connectivity index (χ2v) is 5.26. The number of aromatic nitrogens is 1. The highest BCUT2D eigenvalue weighted by Crippen LogP contribution is 2.13. The molecule has 1 atom stereocenters. The Labute approximate surface area is 117 Å². The smallest absolute Gasteiger partial charge is 0.323 e. The van der Waals surface area contributed by atoms with Crippen molar-refractivity contribution in [2.24, 2.45) is 0 Å². The molecule has 0 aromatic carbocycles. The number of aliphatic carboxylic acids is 1. The number of carbonyl (C=O) groups excluding carboxylic acids is 1. The van der Waals surface area contributed by atoms with Crippen molar-refractivity contribution >= 4 is 23.6 Å². The summed E-state index contributed by atoms with van der Waals surface area (Å²) in [5.41, 5.74) is 0.421. The average Bonchev–Trinajstić information content (AvgIpc) is 2.81. The topological polar surface area (TPSA) is 62.5 Å². The summed E-state index contributed by atoms with van der Waals surface area (Å²) in [4.78, 5) is 24.8. The SMILES string of the molecule is CCC(CSC)N(C)C(=O)c1cccn1CC(=O)O. The van der Waals surface area contributed by atoms with Crippen LogP contribution in [0.15, 0.2) is 18.3 Å². The van der Waals surface area contributed by atoms with Gasteiger partial charge in [0.25, 0.3) is 5.91 Å². The van der Waals surface area contributed by atoms with E-state index >= 15 is 0 Å². The third-order valence-corrected chi connectivity index (χ3v) is 3.77. The lowest BCUT2D eigenvalue weighted by Gasteiger charge is -2.27. The van der Waals surface area contributed by atoms with Crippen LogP contribution in [0, 0.1) is 0 Å². The number of amides is 1. The van der Waals surface area contributed by atoms with E-state index in [9.17, 15) is 9.59 Å². The van der Waals surface area contributed by atoms with Crippen molar-refractivity contribution in [2.45, 2.75) is 25.9 Å². The number of nitrogens with zero attached hydrogens (tertiary/aromatic N) is 2. The quantitative estimate of drug-likeness (QED) is 0.829. The summed E-state index contributed by atoms with van der Waals surface area (Å²) in [6, 6.07) is 3.52. The number of hydrogen-bond acceptors (Lipinski definition) is 3. The van der Waals surface area contributed by atoms with Crippen molar-refractivity contribution in [1.29, 1.82) is 0 Å². The standard InChI is InChI=1S/C13H20N2O3S/c1-4-10(9-19-3)14(2)13(18)11-6-5-7-15(11)8-12(16)17/h5-7,10H,4,8-9H2,1-3H3,(H,16,17). The Morgan fingerprint density at radius 1 is 1.53 bits per heavy atom. The molecule has 106 valence electrons. The second-order valence-electron chi connectivity index (χ2n) is 4.35. The number of thioether (sulfide) groups is 1. The zero-order chi connectivity index (χ0) is 14.4. The predicted molar refractivity (Wildman–Crippen MR) is 76.6 cm³/mol. The number of carboxylic acids is 1. The van der Waals surface area contributed by atoms with Gasteiger partial charge in [-0.15, -0.1) is 0 Å². The van der Waals surface area contributed by atoms with Gasteiger partial charge in [-0.25, -0.2) is 0 Å². The van der Waals surface area contributed by atoms with E-state index in [4.69, 9.17) is 5.11 Å². The maximum Gasteiger partial charge on any atom is 0.323 e. The molecule has 1 heterocycles. The van der Waals surface area contributed by atoms with Gasteiger partial charge < -0.3 is 14.6 Å². The lowest BCUT2D eigenvalue weighted by molar-refractivity contribution is -0.137. The van der Waals surface area contributed by atoms with Crippen LogP contribution in [0.5, 0.6) is 0 Å². The Bertz CT molecular complexity index is 445. The molecule has 1 rings (SSSR count). The van der Waals surface area contributed by atoms with Gasteiger partial charge in [-0.2, -0.15) is 11.8 Å². The Morgan fingerprint density at radius 3 is 2.74 bits per heavy atom. The molecule has 1 aromatic rings. The highest BCUT2D eigenvalue weighted by molar-refractivity contribution is 7.98. The monoisotopic (exact) mass is 284 g/mol. The van der Waals surface area contributed by atoms with Crippen LogP contribution in [0.4, 0.5) is 0 Å². The molecule has 19 heavy (non-hydrogen) atoms. The second kappa shape index (κ2) is 7.23. The molecule has 0 spiro atoms. The highest BCUT2D eigenvalue weighted by Gasteiger charge is 2.22. The van der Waals surface area contributed by atoms with E-state index in [1.165, 1.54) is 4.57 Å². The van der Waals surface area contributed by atoms with Crippen molar-refractivity contribution in [3.05, 3.63) is 24.0 Å². The summed E-state index contributed by atoms with van der Waals surface area (Å²) in [6.45, 7) is 1.85. The first-order valence-electron chi connectivity index (χ1n) is 6.14. The maximum atomic E-state index is 12.4. The average molecular weight is 284 g/mol. The van der Waals surface area contributed by atoms with Gasteiger partial charge in [0.2, 0.25) is 0 Å². The number of rotatable bonds is 7. The van der Waals surface area contributed by atoms with E-state index in [1.807, 2.05) is 13.2 Å². The van der Waals surface area contributed by atoms with E-state index in [0.717, 1.165) is 12.2 Å². The normalized spacial score (nSPS) is 12.2. The van der Waals surface area contributed by atoms with Gasteiger partial charge in [0, 0.05) is 25.0 Å². The molecule has 0 aliphatic carbocycles. The van der Waals surface area contributed by atoms with Crippen LogP contribution in [0.25, 0.3) is 0 Å². The number of carbonyl (C=O) groups is 2. The maximum absolute atomic E-state index is 12.4. The first-order valence-corrected chi connectivity index (χ1v) is 7.53. The molecule has 0 fully saturated rings. The summed E-state index contributed by atoms with van der Waals surface area (Å²) in [5.74, 6) is -0.213. The van der Waals surface area contributed by atoms with Crippen LogP contribution in [0.2, 0.25) is 0 Å². The molecular formula is C13H20N2O3S. The molecule has 1 aromatic heterocycles. The van der Waals surface area contributed by atoms with Crippen molar-refractivity contribution in [3.8, 4) is 0 Å². The van der Waals surface area contributed by atoms with E-state index in [0.29, 0.717) is 5.69 Å². The number of hydrogen-bond donors (Lipinski definition) is 1. The van der Waals surface area contributed by atoms with E-state index in [2.05, 4.69) is 0 Å². The third-order valence-electron chi connectivity index (χ3n) is 3.05. The fourth-order valence-electron chi connectivity index (χ4n) is 1.93. The van der Waals surface area contributed by atoms with Crippen LogP contribution in [-0.4, -0.2) is 51.5 Å². The zero-order valence-electron chi connectivity index (χ0n) is 11.5. The molecule has 1 unspecified atom stereocenters. The summed E-state index contributed by atoms with van der Waals surface area (Å²) in [6.07, 6.45) is 4.50. The lowest BCUT2D eigenvalue weighted by Crippen LogP contribution is -2.39. The van der Waals surface area contributed by atoms with Crippen LogP contribution >= 0.6 is 11.8 Å². The Hall–Kier alpha value is -1.43. The molecule has 0 saturated carbocycles. The summed E-state index contributed by atoms with van der Waals surface area (Å²) in [5, 5.41) is 8.82. The van der Waals surface area contributed by atoms with Gasteiger partial charge in [-0.05, 0) is 24.8 Å². The van der Waals surface area contributed by atoms with Gasteiger partial charge >= 0.3 is 5.97 Å². The molecule has 0 aliphatic heterocycles. The Kier molecular flexibility index (Phi) is 5.95. The zero-order valence-corrected chi connectivity index (χ0v) is 12.3. The molecule has 0 saturated heterocycles. The first-order chi connectivity index (χ1) is 9.01. The van der Waals surface area contributed by atoms with Crippen molar-refractivity contribution in [2.75, 3.05) is 19.1 Å². The minimum Gasteiger partial charge on any atom is -0.480 e. The third kappa shape index (κ3) is 4.02. The van der Waals surface area contributed by atoms with Crippen LogP contribution < -0.4 is 0 Å². The first kappa shape index (κ1) is 15.6. The molecule has 0 aliphatic rings. The van der Waals surface area contributed by atoms with Crippen molar-refractivity contribution in [3.63, 3.8) is 0 Å². The molecule has 6 heteroatoms. The molecule has 1 amide bonds. The van der Waals surface area contributed by atoms with Gasteiger partial charge in [0.1, 0.15) is 12.2 Å². The van der Waals surface area contributed by atoms with E-state index in [-0.39, 0.29) is 18.5 Å². The lowest BCUT2D eigenvalue weighted by atomic mass is 10.2. The van der Waals surface area contributed by atoms with E-state index in [1.54, 1.807) is 42.0 Å². The van der Waals surface area contributed by atoms with Crippen LogP contribution in [0.1, 0.15) is 23.8 Å². The predicted octanol–water partition coefficient (Wildman–Crippen LogP) is 1.79. The minimum atomic E-state index is -0.955. The van der Waals surface area contributed by atoms with Gasteiger partial charge in [-0.3, -0.25) is 9.59 Å². The molecule has 5 nitrogen and oxygen atoms in total. The highest BCUT2D eigenvalue weighted by atomic mass is 32.2.